The predicted octanol–water partition coefficient (Wildman–Crippen LogP) is 3.43. The Hall–Kier alpha value is -3.16. The maximum atomic E-state index is 13.8. The Morgan fingerprint density at radius 3 is 2.59 bits per heavy atom. The fraction of sp³-hybridized carbons (Fsp3) is 0.263. The maximum Gasteiger partial charge on any atom is 0.275 e. The highest BCUT2D eigenvalue weighted by Gasteiger charge is 2.29. The van der Waals surface area contributed by atoms with Crippen molar-refractivity contribution in [2.45, 2.75) is 18.8 Å². The molecule has 1 amide bonds. The van der Waals surface area contributed by atoms with E-state index in [4.69, 9.17) is 4.52 Å². The van der Waals surface area contributed by atoms with Gasteiger partial charge in [0.1, 0.15) is 5.82 Å². The van der Waals surface area contributed by atoms with Crippen LogP contribution in [0.3, 0.4) is 0 Å². The second-order valence-electron chi connectivity index (χ2n) is 6.37. The Labute approximate surface area is 153 Å². The second kappa shape index (κ2) is 7.22. The third kappa shape index (κ3) is 3.55. The molecule has 1 fully saturated rings. The second-order valence-corrected chi connectivity index (χ2v) is 6.37. The Balaban J connectivity index is 1.42. The number of piperidine rings is 1. The molecule has 1 aliphatic rings. The lowest BCUT2D eigenvalue weighted by Gasteiger charge is -2.30. The topological polar surface area (TPSA) is 72.1 Å². The molecule has 0 aliphatic carbocycles. The molecule has 3 aromatic rings. The lowest BCUT2D eigenvalue weighted by atomic mass is 9.96. The van der Waals surface area contributed by atoms with Crippen LogP contribution in [0.25, 0.3) is 11.4 Å². The van der Waals surface area contributed by atoms with Crippen LogP contribution in [0.5, 0.6) is 0 Å². The van der Waals surface area contributed by atoms with E-state index in [-0.39, 0.29) is 11.6 Å². The number of pyridine rings is 1. The van der Waals surface area contributed by atoms with Gasteiger partial charge in [-0.15, -0.1) is 0 Å². The highest BCUT2D eigenvalue weighted by atomic mass is 19.1. The van der Waals surface area contributed by atoms with Crippen molar-refractivity contribution in [3.05, 3.63) is 65.8 Å². The molecule has 3 heterocycles. The Kier molecular flexibility index (Phi) is 4.62. The zero-order chi connectivity index (χ0) is 18.8. The number of benzene rings is 1. The molecule has 0 spiro atoms. The molecular weight excluding hydrogens is 354 g/mol. The zero-order valence-electron chi connectivity index (χ0n) is 14.3. The van der Waals surface area contributed by atoms with Crippen molar-refractivity contribution in [1.29, 1.82) is 0 Å². The van der Waals surface area contributed by atoms with Crippen molar-refractivity contribution in [2.24, 2.45) is 0 Å². The monoisotopic (exact) mass is 370 g/mol. The number of hydrogen-bond acceptors (Lipinski definition) is 5. The van der Waals surface area contributed by atoms with Gasteiger partial charge in [-0.3, -0.25) is 4.79 Å². The minimum absolute atomic E-state index is 0.0324. The van der Waals surface area contributed by atoms with Crippen LogP contribution in [0.1, 0.15) is 35.1 Å². The van der Waals surface area contributed by atoms with E-state index in [1.165, 1.54) is 4.90 Å². The minimum Gasteiger partial charge on any atom is -0.339 e. The van der Waals surface area contributed by atoms with Gasteiger partial charge in [0.2, 0.25) is 11.7 Å². The first kappa shape index (κ1) is 17.3. The quantitative estimate of drug-likeness (QED) is 0.706. The maximum absolute atomic E-state index is 13.8. The molecule has 8 heteroatoms. The summed E-state index contributed by atoms with van der Waals surface area (Å²) in [6, 6.07) is 10.2. The summed E-state index contributed by atoms with van der Waals surface area (Å²) in [5.41, 5.74) is 0.511. The molecule has 1 saturated heterocycles. The molecule has 4 rings (SSSR count). The van der Waals surface area contributed by atoms with Crippen LogP contribution in [0.4, 0.5) is 8.78 Å². The van der Waals surface area contributed by atoms with Crippen molar-refractivity contribution in [1.82, 2.24) is 20.0 Å². The third-order valence-electron chi connectivity index (χ3n) is 4.62. The largest absolute Gasteiger partial charge is 0.339 e. The van der Waals surface area contributed by atoms with Crippen LogP contribution in [-0.4, -0.2) is 39.0 Å². The van der Waals surface area contributed by atoms with Gasteiger partial charge in [-0.05, 0) is 12.8 Å². The highest BCUT2D eigenvalue weighted by Crippen LogP contribution is 2.29. The molecule has 138 valence electrons. The van der Waals surface area contributed by atoms with E-state index in [0.29, 0.717) is 43.7 Å². The SMILES string of the molecule is O=C(c1ncc(F)cc1F)N1CCC(c2nc(-c3ccccc3)no2)CC1. The molecule has 1 aromatic carbocycles. The zero-order valence-corrected chi connectivity index (χ0v) is 14.3. The van der Waals surface area contributed by atoms with Crippen molar-refractivity contribution in [3.8, 4) is 11.4 Å². The number of halogens is 2. The number of carbonyl (C=O) groups is 1. The number of hydrogen-bond donors (Lipinski definition) is 0. The van der Waals surface area contributed by atoms with Gasteiger partial charge in [0, 0.05) is 30.6 Å². The van der Waals surface area contributed by atoms with Gasteiger partial charge in [0.25, 0.3) is 5.91 Å². The van der Waals surface area contributed by atoms with Crippen LogP contribution in [-0.2, 0) is 0 Å². The summed E-state index contributed by atoms with van der Waals surface area (Å²) in [5, 5.41) is 4.02. The molecular formula is C19H16F2N4O2. The Morgan fingerprint density at radius 1 is 1.15 bits per heavy atom. The normalized spacial score (nSPS) is 15.1. The average molecular weight is 370 g/mol. The van der Waals surface area contributed by atoms with E-state index in [0.717, 1.165) is 11.8 Å². The Bertz CT molecular complexity index is 953. The molecule has 0 atom stereocenters. The number of nitrogens with zero attached hydrogens (tertiary/aromatic N) is 4. The van der Waals surface area contributed by atoms with E-state index < -0.39 is 17.5 Å². The summed E-state index contributed by atoms with van der Waals surface area (Å²) in [6.07, 6.45) is 2.07. The first-order valence-electron chi connectivity index (χ1n) is 8.61. The van der Waals surface area contributed by atoms with Crippen molar-refractivity contribution >= 4 is 5.91 Å². The van der Waals surface area contributed by atoms with Crippen LogP contribution in [0.15, 0.2) is 47.1 Å². The van der Waals surface area contributed by atoms with Gasteiger partial charge in [-0.1, -0.05) is 35.5 Å². The van der Waals surface area contributed by atoms with Crippen molar-refractivity contribution in [2.75, 3.05) is 13.1 Å². The Morgan fingerprint density at radius 2 is 1.89 bits per heavy atom. The van der Waals surface area contributed by atoms with Crippen LogP contribution < -0.4 is 0 Å². The van der Waals surface area contributed by atoms with Gasteiger partial charge in [-0.2, -0.15) is 4.98 Å². The summed E-state index contributed by atoms with van der Waals surface area (Å²) < 4.78 is 32.1. The summed E-state index contributed by atoms with van der Waals surface area (Å²) in [7, 11) is 0. The molecule has 0 N–H and O–H groups in total. The molecule has 0 saturated carbocycles. The van der Waals surface area contributed by atoms with Crippen molar-refractivity contribution in [3.63, 3.8) is 0 Å². The van der Waals surface area contributed by atoms with E-state index >= 15 is 0 Å². The van der Waals surface area contributed by atoms with E-state index in [9.17, 15) is 13.6 Å². The van der Waals surface area contributed by atoms with Gasteiger partial charge in [0.05, 0.1) is 6.20 Å². The number of rotatable bonds is 3. The molecule has 1 aliphatic heterocycles. The van der Waals surface area contributed by atoms with Gasteiger partial charge in [0.15, 0.2) is 11.5 Å². The van der Waals surface area contributed by atoms with Crippen LogP contribution >= 0.6 is 0 Å². The number of aromatic nitrogens is 3. The molecule has 2 aromatic heterocycles. The fourth-order valence-electron chi connectivity index (χ4n) is 3.16. The summed E-state index contributed by atoms with van der Waals surface area (Å²) >= 11 is 0. The number of likely N-dealkylation sites (tertiary alicyclic amines) is 1. The first-order valence-corrected chi connectivity index (χ1v) is 8.61. The fourth-order valence-corrected chi connectivity index (χ4v) is 3.16. The minimum atomic E-state index is -0.952. The molecule has 0 radical (unpaired) electrons. The molecule has 6 nitrogen and oxygen atoms in total. The lowest BCUT2D eigenvalue weighted by molar-refractivity contribution is 0.0693. The van der Waals surface area contributed by atoms with E-state index in [2.05, 4.69) is 15.1 Å². The van der Waals surface area contributed by atoms with Gasteiger partial charge >= 0.3 is 0 Å². The van der Waals surface area contributed by atoms with E-state index in [1.54, 1.807) is 0 Å². The van der Waals surface area contributed by atoms with Gasteiger partial charge < -0.3 is 9.42 Å². The third-order valence-corrected chi connectivity index (χ3v) is 4.62. The molecule has 0 unspecified atom stereocenters. The summed E-state index contributed by atoms with van der Waals surface area (Å²) in [4.78, 5) is 22.0. The predicted molar refractivity (Wildman–Crippen MR) is 91.8 cm³/mol. The highest BCUT2D eigenvalue weighted by molar-refractivity contribution is 5.92. The molecule has 27 heavy (non-hydrogen) atoms. The number of carbonyl (C=O) groups excluding carboxylic acids is 1. The summed E-state index contributed by atoms with van der Waals surface area (Å²) in [6.45, 7) is 0.816. The molecule has 0 bridgehead atoms. The van der Waals surface area contributed by atoms with E-state index in [1.807, 2.05) is 30.3 Å². The average Bonchev–Trinajstić information content (AvgIpc) is 3.19. The van der Waals surface area contributed by atoms with Gasteiger partial charge in [-0.25, -0.2) is 13.8 Å². The first-order chi connectivity index (χ1) is 13.1. The smallest absolute Gasteiger partial charge is 0.275 e. The van der Waals surface area contributed by atoms with Crippen LogP contribution in [0.2, 0.25) is 0 Å². The lowest BCUT2D eigenvalue weighted by Crippen LogP contribution is -2.38. The van der Waals surface area contributed by atoms with Crippen LogP contribution in [0, 0.1) is 11.6 Å². The van der Waals surface area contributed by atoms with Crippen molar-refractivity contribution < 1.29 is 18.1 Å². The summed E-state index contributed by atoms with van der Waals surface area (Å²) in [5.74, 6) is -1.21. The standard InChI is InChI=1S/C19H16F2N4O2/c20-14-10-15(21)16(22-11-14)19(26)25-8-6-13(7-9-25)18-23-17(24-27-18)12-4-2-1-3-5-12/h1-5,10-11,13H,6-9H2. The number of amides is 1.